The number of aliphatic carboxylic acids is 1. The van der Waals surface area contributed by atoms with Gasteiger partial charge in [-0.25, -0.2) is 0 Å². The predicted octanol–water partition coefficient (Wildman–Crippen LogP) is 2.72. The SMILES string of the molecule is CC(C)(C)c1ccc(CCCC(N)C(=O)O)cc1. The average molecular weight is 249 g/mol. The summed E-state index contributed by atoms with van der Waals surface area (Å²) in [4.78, 5) is 10.6. The number of hydrogen-bond donors (Lipinski definition) is 2. The third kappa shape index (κ3) is 4.49. The maximum absolute atomic E-state index is 10.6. The van der Waals surface area contributed by atoms with Crippen molar-refractivity contribution >= 4 is 5.97 Å². The molecular weight excluding hydrogens is 226 g/mol. The fraction of sp³-hybridized carbons (Fsp3) is 0.533. The highest BCUT2D eigenvalue weighted by molar-refractivity contribution is 5.72. The number of rotatable bonds is 5. The second kappa shape index (κ2) is 6.01. The first-order valence-corrected chi connectivity index (χ1v) is 6.38. The quantitative estimate of drug-likeness (QED) is 0.843. The van der Waals surface area contributed by atoms with Crippen LogP contribution in [-0.4, -0.2) is 17.1 Å². The predicted molar refractivity (Wildman–Crippen MR) is 73.7 cm³/mol. The molecule has 1 rings (SSSR count). The summed E-state index contributed by atoms with van der Waals surface area (Å²) >= 11 is 0. The van der Waals surface area contributed by atoms with Gasteiger partial charge in [-0.2, -0.15) is 0 Å². The number of benzene rings is 1. The van der Waals surface area contributed by atoms with Gasteiger partial charge < -0.3 is 10.8 Å². The molecule has 3 nitrogen and oxygen atoms in total. The third-order valence-electron chi connectivity index (χ3n) is 3.12. The van der Waals surface area contributed by atoms with Crippen LogP contribution in [0.3, 0.4) is 0 Å². The average Bonchev–Trinajstić information content (AvgIpc) is 2.28. The Balaban J connectivity index is 2.47. The molecule has 0 saturated heterocycles. The van der Waals surface area contributed by atoms with E-state index in [-0.39, 0.29) is 5.41 Å². The Bertz CT molecular complexity index is 390. The molecule has 1 aromatic rings. The molecule has 0 aliphatic rings. The van der Waals surface area contributed by atoms with Crippen LogP contribution in [0.1, 0.15) is 44.7 Å². The first kappa shape index (κ1) is 14.7. The van der Waals surface area contributed by atoms with E-state index in [1.807, 2.05) is 0 Å². The van der Waals surface area contributed by atoms with Gasteiger partial charge in [0.2, 0.25) is 0 Å². The molecule has 3 heteroatoms. The van der Waals surface area contributed by atoms with E-state index in [0.717, 1.165) is 12.8 Å². The lowest BCUT2D eigenvalue weighted by molar-refractivity contribution is -0.138. The Morgan fingerprint density at radius 3 is 2.28 bits per heavy atom. The molecule has 0 saturated carbocycles. The van der Waals surface area contributed by atoms with Gasteiger partial charge in [0.15, 0.2) is 0 Å². The lowest BCUT2D eigenvalue weighted by Gasteiger charge is -2.19. The van der Waals surface area contributed by atoms with Crippen molar-refractivity contribution in [1.29, 1.82) is 0 Å². The lowest BCUT2D eigenvalue weighted by Crippen LogP contribution is -2.29. The number of nitrogens with two attached hydrogens (primary N) is 1. The molecule has 0 aliphatic carbocycles. The number of carbonyl (C=O) groups is 1. The topological polar surface area (TPSA) is 63.3 Å². The summed E-state index contributed by atoms with van der Waals surface area (Å²) in [6.07, 6.45) is 2.21. The highest BCUT2D eigenvalue weighted by Crippen LogP contribution is 2.22. The molecular formula is C15H23NO2. The minimum Gasteiger partial charge on any atom is -0.480 e. The van der Waals surface area contributed by atoms with E-state index in [9.17, 15) is 4.79 Å². The molecule has 0 bridgehead atoms. The fourth-order valence-electron chi connectivity index (χ4n) is 1.82. The Labute approximate surface area is 109 Å². The molecule has 0 radical (unpaired) electrons. The first-order chi connectivity index (χ1) is 8.30. The van der Waals surface area contributed by atoms with Crippen LogP contribution in [0.25, 0.3) is 0 Å². The zero-order chi connectivity index (χ0) is 13.8. The van der Waals surface area contributed by atoms with Crippen LogP contribution in [0, 0.1) is 0 Å². The van der Waals surface area contributed by atoms with E-state index in [4.69, 9.17) is 10.8 Å². The van der Waals surface area contributed by atoms with Crippen molar-refractivity contribution in [3.63, 3.8) is 0 Å². The molecule has 18 heavy (non-hydrogen) atoms. The second-order valence-corrected chi connectivity index (χ2v) is 5.78. The van der Waals surface area contributed by atoms with Crippen molar-refractivity contribution in [1.82, 2.24) is 0 Å². The molecule has 0 amide bonds. The van der Waals surface area contributed by atoms with Crippen LogP contribution in [-0.2, 0) is 16.6 Å². The van der Waals surface area contributed by atoms with Crippen molar-refractivity contribution in [3.8, 4) is 0 Å². The van der Waals surface area contributed by atoms with E-state index in [2.05, 4.69) is 45.0 Å². The summed E-state index contributed by atoms with van der Waals surface area (Å²) in [6, 6.07) is 7.79. The van der Waals surface area contributed by atoms with Gasteiger partial charge in [-0.15, -0.1) is 0 Å². The van der Waals surface area contributed by atoms with Crippen LogP contribution in [0.15, 0.2) is 24.3 Å². The molecule has 0 heterocycles. The van der Waals surface area contributed by atoms with Gasteiger partial charge in [-0.05, 0) is 35.8 Å². The van der Waals surface area contributed by atoms with Crippen LogP contribution in [0.5, 0.6) is 0 Å². The number of carboxylic acid groups (broad SMARTS) is 1. The summed E-state index contributed by atoms with van der Waals surface area (Å²) in [5.41, 5.74) is 8.18. The van der Waals surface area contributed by atoms with Crippen molar-refractivity contribution in [3.05, 3.63) is 35.4 Å². The van der Waals surface area contributed by atoms with Gasteiger partial charge >= 0.3 is 5.97 Å². The number of carboxylic acids is 1. The summed E-state index contributed by atoms with van der Waals surface area (Å²) in [5.74, 6) is -0.918. The van der Waals surface area contributed by atoms with Crippen molar-refractivity contribution in [2.45, 2.75) is 51.5 Å². The normalized spacial score (nSPS) is 13.3. The molecule has 0 spiro atoms. The van der Waals surface area contributed by atoms with E-state index in [1.165, 1.54) is 11.1 Å². The minimum absolute atomic E-state index is 0.171. The van der Waals surface area contributed by atoms with Gasteiger partial charge in [0, 0.05) is 0 Å². The van der Waals surface area contributed by atoms with Gasteiger partial charge in [0.1, 0.15) is 6.04 Å². The van der Waals surface area contributed by atoms with E-state index in [0.29, 0.717) is 6.42 Å². The van der Waals surface area contributed by atoms with Crippen LogP contribution < -0.4 is 5.73 Å². The number of aryl methyl sites for hydroxylation is 1. The smallest absolute Gasteiger partial charge is 0.320 e. The van der Waals surface area contributed by atoms with Gasteiger partial charge in [0.05, 0.1) is 0 Å². The lowest BCUT2D eigenvalue weighted by atomic mass is 9.86. The molecule has 0 fully saturated rings. The van der Waals surface area contributed by atoms with E-state index >= 15 is 0 Å². The van der Waals surface area contributed by atoms with Gasteiger partial charge in [-0.3, -0.25) is 4.79 Å². The monoisotopic (exact) mass is 249 g/mol. The van der Waals surface area contributed by atoms with Crippen LogP contribution in [0.2, 0.25) is 0 Å². The van der Waals surface area contributed by atoms with E-state index in [1.54, 1.807) is 0 Å². The highest BCUT2D eigenvalue weighted by Gasteiger charge is 2.13. The Morgan fingerprint density at radius 2 is 1.83 bits per heavy atom. The first-order valence-electron chi connectivity index (χ1n) is 6.38. The largest absolute Gasteiger partial charge is 0.480 e. The molecule has 0 aromatic heterocycles. The van der Waals surface area contributed by atoms with Gasteiger partial charge in [0.25, 0.3) is 0 Å². The highest BCUT2D eigenvalue weighted by atomic mass is 16.4. The van der Waals surface area contributed by atoms with Crippen LogP contribution in [0.4, 0.5) is 0 Å². The molecule has 1 atom stereocenters. The number of hydrogen-bond acceptors (Lipinski definition) is 2. The van der Waals surface area contributed by atoms with E-state index < -0.39 is 12.0 Å². The van der Waals surface area contributed by atoms with Crippen molar-refractivity contribution < 1.29 is 9.90 Å². The second-order valence-electron chi connectivity index (χ2n) is 5.78. The fourth-order valence-corrected chi connectivity index (χ4v) is 1.82. The summed E-state index contributed by atoms with van der Waals surface area (Å²) in [7, 11) is 0. The summed E-state index contributed by atoms with van der Waals surface area (Å²) in [5, 5.41) is 8.68. The van der Waals surface area contributed by atoms with Crippen molar-refractivity contribution in [2.75, 3.05) is 0 Å². The van der Waals surface area contributed by atoms with Gasteiger partial charge in [-0.1, -0.05) is 45.0 Å². The minimum atomic E-state index is -0.918. The zero-order valence-electron chi connectivity index (χ0n) is 11.4. The Morgan fingerprint density at radius 1 is 1.28 bits per heavy atom. The molecule has 100 valence electrons. The molecule has 3 N–H and O–H groups in total. The zero-order valence-corrected chi connectivity index (χ0v) is 11.4. The Hall–Kier alpha value is -1.35. The third-order valence-corrected chi connectivity index (χ3v) is 3.12. The Kier molecular flexibility index (Phi) is 4.91. The summed E-state index contributed by atoms with van der Waals surface area (Å²) in [6.45, 7) is 6.57. The summed E-state index contributed by atoms with van der Waals surface area (Å²) < 4.78 is 0. The van der Waals surface area contributed by atoms with Crippen molar-refractivity contribution in [2.24, 2.45) is 5.73 Å². The molecule has 1 unspecified atom stereocenters. The molecule has 0 aliphatic heterocycles. The maximum atomic E-state index is 10.6. The van der Waals surface area contributed by atoms with Crippen LogP contribution >= 0.6 is 0 Å². The maximum Gasteiger partial charge on any atom is 0.320 e. The molecule has 1 aromatic carbocycles. The standard InChI is InChI=1S/C15H23NO2/c1-15(2,3)12-9-7-11(8-10-12)5-4-6-13(16)14(17)18/h7-10,13H,4-6,16H2,1-3H3,(H,17,18).